The van der Waals surface area contributed by atoms with E-state index in [1.807, 2.05) is 29.6 Å². The van der Waals surface area contributed by atoms with Crippen LogP contribution in [0.3, 0.4) is 0 Å². The highest BCUT2D eigenvalue weighted by Crippen LogP contribution is 2.13. The normalized spacial score (nSPS) is 10.8. The first-order valence-electron chi connectivity index (χ1n) is 6.30. The Balaban J connectivity index is 1.89. The van der Waals surface area contributed by atoms with E-state index in [4.69, 9.17) is 4.74 Å². The summed E-state index contributed by atoms with van der Waals surface area (Å²) in [6, 6.07) is 7.88. The minimum absolute atomic E-state index is 0.758. The van der Waals surface area contributed by atoms with Gasteiger partial charge in [-0.2, -0.15) is 5.10 Å². The number of benzene rings is 1. The van der Waals surface area contributed by atoms with E-state index in [-0.39, 0.29) is 0 Å². The molecule has 2 aromatic rings. The molecule has 0 aliphatic carbocycles. The quantitative estimate of drug-likeness (QED) is 0.475. The van der Waals surface area contributed by atoms with E-state index in [9.17, 15) is 0 Å². The van der Waals surface area contributed by atoms with Gasteiger partial charge in [0.05, 0.1) is 12.8 Å². The first kappa shape index (κ1) is 13.5. The summed E-state index contributed by atoms with van der Waals surface area (Å²) >= 11 is 1.51. The summed E-state index contributed by atoms with van der Waals surface area (Å²) in [4.78, 5) is 4.08. The first-order chi connectivity index (χ1) is 9.38. The number of hydrazone groups is 1. The minimum atomic E-state index is 0.758. The predicted octanol–water partition coefficient (Wildman–Crippen LogP) is 3.77. The summed E-state index contributed by atoms with van der Waals surface area (Å²) in [5.74, 6) is 0.881. The summed E-state index contributed by atoms with van der Waals surface area (Å²) in [6.45, 7) is 2.91. The van der Waals surface area contributed by atoms with Crippen LogP contribution in [0.2, 0.25) is 0 Å². The molecule has 5 heteroatoms. The number of aromatic nitrogens is 1. The molecule has 1 N–H and O–H groups in total. The molecule has 0 fully saturated rings. The van der Waals surface area contributed by atoms with Crippen molar-refractivity contribution in [1.82, 2.24) is 4.98 Å². The largest absolute Gasteiger partial charge is 0.494 e. The van der Waals surface area contributed by atoms with Gasteiger partial charge in [0, 0.05) is 11.6 Å². The Hall–Kier alpha value is -1.88. The van der Waals surface area contributed by atoms with Crippen LogP contribution in [0.25, 0.3) is 0 Å². The molecule has 0 spiro atoms. The predicted molar refractivity (Wildman–Crippen MR) is 80.2 cm³/mol. The fraction of sp³-hybridized carbons (Fsp3) is 0.286. The van der Waals surface area contributed by atoms with E-state index < -0.39 is 0 Å². The molecule has 1 heterocycles. The van der Waals surface area contributed by atoms with Crippen molar-refractivity contribution in [2.75, 3.05) is 12.0 Å². The maximum absolute atomic E-state index is 5.65. The number of nitrogens with one attached hydrogen (secondary N) is 1. The lowest BCUT2D eigenvalue weighted by Crippen LogP contribution is -1.97. The first-order valence-corrected chi connectivity index (χ1v) is 7.18. The maximum atomic E-state index is 5.65. The van der Waals surface area contributed by atoms with Crippen LogP contribution in [0.4, 0.5) is 5.13 Å². The van der Waals surface area contributed by atoms with Crippen molar-refractivity contribution in [3.05, 3.63) is 41.4 Å². The fourth-order valence-corrected chi connectivity index (χ4v) is 1.94. The second-order valence-electron chi connectivity index (χ2n) is 3.98. The van der Waals surface area contributed by atoms with E-state index in [2.05, 4.69) is 22.4 Å². The Morgan fingerprint density at radius 2 is 2.42 bits per heavy atom. The second kappa shape index (κ2) is 7.53. The van der Waals surface area contributed by atoms with Gasteiger partial charge < -0.3 is 4.74 Å². The lowest BCUT2D eigenvalue weighted by atomic mass is 10.2. The molecule has 4 nitrogen and oxygen atoms in total. The fourth-order valence-electron chi connectivity index (χ4n) is 1.46. The van der Waals surface area contributed by atoms with Crippen molar-refractivity contribution < 1.29 is 4.74 Å². The van der Waals surface area contributed by atoms with Crippen LogP contribution in [-0.4, -0.2) is 17.8 Å². The standard InChI is InChI=1S/C14H17N3OS/c1-2-3-8-18-13-6-4-5-12(10-13)11-16-17-14-15-7-9-19-14/h4-7,9-11H,2-3,8H2,1H3,(H,15,17)/b16-11+. The number of hydrogen-bond acceptors (Lipinski definition) is 5. The van der Waals surface area contributed by atoms with Gasteiger partial charge in [-0.1, -0.05) is 25.5 Å². The van der Waals surface area contributed by atoms with Crippen LogP contribution in [0.15, 0.2) is 40.9 Å². The second-order valence-corrected chi connectivity index (χ2v) is 4.88. The molecule has 0 aliphatic heterocycles. The Morgan fingerprint density at radius 3 is 3.21 bits per heavy atom. The molecule has 1 aromatic carbocycles. The molecule has 0 bridgehead atoms. The van der Waals surface area contributed by atoms with Gasteiger partial charge in [0.1, 0.15) is 5.75 Å². The Bertz CT molecular complexity index is 511. The van der Waals surface area contributed by atoms with Crippen LogP contribution in [0.1, 0.15) is 25.3 Å². The third-order valence-electron chi connectivity index (χ3n) is 2.43. The number of hydrogen-bond donors (Lipinski definition) is 1. The van der Waals surface area contributed by atoms with Crippen molar-refractivity contribution in [2.24, 2.45) is 5.10 Å². The lowest BCUT2D eigenvalue weighted by Gasteiger charge is -2.05. The molecule has 100 valence electrons. The number of thiazole rings is 1. The molecule has 1 aromatic heterocycles. The molecule has 0 saturated carbocycles. The maximum Gasteiger partial charge on any atom is 0.203 e. The molecule has 0 unspecified atom stereocenters. The number of unbranched alkanes of at least 4 members (excludes halogenated alkanes) is 1. The van der Waals surface area contributed by atoms with Crippen LogP contribution in [0, 0.1) is 0 Å². The Morgan fingerprint density at radius 1 is 1.47 bits per heavy atom. The van der Waals surface area contributed by atoms with Gasteiger partial charge in [-0.15, -0.1) is 11.3 Å². The summed E-state index contributed by atoms with van der Waals surface area (Å²) in [5.41, 5.74) is 3.88. The van der Waals surface area contributed by atoms with Crippen molar-refractivity contribution in [2.45, 2.75) is 19.8 Å². The summed E-state index contributed by atoms with van der Waals surface area (Å²) in [6.07, 6.45) is 5.71. The van der Waals surface area contributed by atoms with Gasteiger partial charge in [-0.05, 0) is 24.1 Å². The molecule has 2 rings (SSSR count). The molecule has 0 radical (unpaired) electrons. The van der Waals surface area contributed by atoms with Gasteiger partial charge >= 0.3 is 0 Å². The Labute approximate surface area is 117 Å². The van der Waals surface area contributed by atoms with Crippen molar-refractivity contribution in [3.8, 4) is 5.75 Å². The minimum Gasteiger partial charge on any atom is -0.494 e. The molecule has 0 saturated heterocycles. The monoisotopic (exact) mass is 275 g/mol. The van der Waals surface area contributed by atoms with Crippen molar-refractivity contribution >= 4 is 22.7 Å². The van der Waals surface area contributed by atoms with Crippen molar-refractivity contribution in [3.63, 3.8) is 0 Å². The zero-order valence-electron chi connectivity index (χ0n) is 10.9. The highest BCUT2D eigenvalue weighted by Gasteiger charge is 1.95. The van der Waals surface area contributed by atoms with E-state index >= 15 is 0 Å². The van der Waals surface area contributed by atoms with E-state index in [1.165, 1.54) is 11.3 Å². The van der Waals surface area contributed by atoms with Crippen molar-refractivity contribution in [1.29, 1.82) is 0 Å². The zero-order chi connectivity index (χ0) is 13.3. The zero-order valence-corrected chi connectivity index (χ0v) is 11.7. The van der Waals surface area contributed by atoms with Crippen LogP contribution in [0.5, 0.6) is 5.75 Å². The number of rotatable bonds is 7. The molecule has 19 heavy (non-hydrogen) atoms. The lowest BCUT2D eigenvalue weighted by molar-refractivity contribution is 0.309. The highest BCUT2D eigenvalue weighted by molar-refractivity contribution is 7.13. The number of anilines is 1. The smallest absolute Gasteiger partial charge is 0.203 e. The molecule has 0 aliphatic rings. The van der Waals surface area contributed by atoms with E-state index in [0.717, 1.165) is 35.9 Å². The third kappa shape index (κ3) is 4.71. The van der Waals surface area contributed by atoms with Gasteiger partial charge in [-0.3, -0.25) is 5.43 Å². The summed E-state index contributed by atoms with van der Waals surface area (Å²) < 4.78 is 5.65. The van der Waals surface area contributed by atoms with Gasteiger partial charge in [-0.25, -0.2) is 4.98 Å². The number of ether oxygens (including phenoxy) is 1. The van der Waals surface area contributed by atoms with Crippen LogP contribution < -0.4 is 10.2 Å². The van der Waals surface area contributed by atoms with Crippen LogP contribution >= 0.6 is 11.3 Å². The van der Waals surface area contributed by atoms with E-state index in [0.29, 0.717) is 0 Å². The average Bonchev–Trinajstić information content (AvgIpc) is 2.93. The van der Waals surface area contributed by atoms with Gasteiger partial charge in [0.15, 0.2) is 0 Å². The van der Waals surface area contributed by atoms with Gasteiger partial charge in [0.2, 0.25) is 5.13 Å². The highest BCUT2D eigenvalue weighted by atomic mass is 32.1. The topological polar surface area (TPSA) is 46.5 Å². The average molecular weight is 275 g/mol. The SMILES string of the molecule is CCCCOc1cccc(/C=N/Nc2nccs2)c1. The van der Waals surface area contributed by atoms with Crippen LogP contribution in [-0.2, 0) is 0 Å². The molecule has 0 amide bonds. The molecular weight excluding hydrogens is 258 g/mol. The summed E-state index contributed by atoms with van der Waals surface area (Å²) in [7, 11) is 0. The third-order valence-corrected chi connectivity index (χ3v) is 3.11. The van der Waals surface area contributed by atoms with E-state index in [1.54, 1.807) is 12.4 Å². The molecule has 0 atom stereocenters. The Kier molecular flexibility index (Phi) is 5.37. The molecular formula is C14H17N3OS. The summed E-state index contributed by atoms with van der Waals surface area (Å²) in [5, 5.41) is 6.83. The number of nitrogens with zero attached hydrogens (tertiary/aromatic N) is 2. The van der Waals surface area contributed by atoms with Gasteiger partial charge in [0.25, 0.3) is 0 Å².